The van der Waals surface area contributed by atoms with E-state index in [0.717, 1.165) is 31.0 Å². The van der Waals surface area contributed by atoms with Crippen LogP contribution in [0.1, 0.15) is 18.3 Å². The van der Waals surface area contributed by atoms with Gasteiger partial charge in [0.2, 0.25) is 0 Å². The third-order valence-electron chi connectivity index (χ3n) is 3.11. The molecule has 0 aliphatic rings. The van der Waals surface area contributed by atoms with Crippen LogP contribution in [0, 0.1) is 6.92 Å². The predicted molar refractivity (Wildman–Crippen MR) is 80.7 cm³/mol. The smallest absolute Gasteiger partial charge is 0.0791 e. The average Bonchev–Trinajstić information content (AvgIpc) is 2.43. The Kier molecular flexibility index (Phi) is 8.37. The fraction of sp³-hybridized carbons (Fsp3) is 0.667. The summed E-state index contributed by atoms with van der Waals surface area (Å²) in [6.07, 6.45) is -0.378. The molecule has 5 nitrogen and oxygen atoms in total. The molecule has 1 atom stereocenters. The van der Waals surface area contributed by atoms with Crippen molar-refractivity contribution in [2.75, 3.05) is 39.9 Å². The van der Waals surface area contributed by atoms with E-state index >= 15 is 0 Å². The van der Waals surface area contributed by atoms with Gasteiger partial charge >= 0.3 is 0 Å². The number of hydrogen-bond acceptors (Lipinski definition) is 5. The van der Waals surface area contributed by atoms with Crippen LogP contribution in [0.5, 0.6) is 0 Å². The lowest BCUT2D eigenvalue weighted by molar-refractivity contribution is 0.107. The number of aliphatic hydroxyl groups is 1. The lowest BCUT2D eigenvalue weighted by Crippen LogP contribution is -2.39. The zero-order valence-electron chi connectivity index (χ0n) is 12.8. The topological polar surface area (TPSA) is 57.6 Å². The maximum atomic E-state index is 10.0. The average molecular weight is 281 g/mol. The summed E-state index contributed by atoms with van der Waals surface area (Å²) in [5.74, 6) is 0. The Bertz CT molecular complexity index is 374. The fourth-order valence-electron chi connectivity index (χ4n) is 2.03. The molecule has 0 aliphatic heterocycles. The van der Waals surface area contributed by atoms with Crippen molar-refractivity contribution < 1.29 is 9.84 Å². The quantitative estimate of drug-likeness (QED) is 0.622. The highest BCUT2D eigenvalue weighted by molar-refractivity contribution is 5.09. The van der Waals surface area contributed by atoms with Crippen LogP contribution in [0.25, 0.3) is 0 Å². The molecule has 0 bridgehead atoms. The monoisotopic (exact) mass is 281 g/mol. The normalized spacial score (nSPS) is 12.8. The second-order valence-corrected chi connectivity index (χ2v) is 4.95. The zero-order chi connectivity index (χ0) is 14.8. The van der Waals surface area contributed by atoms with Gasteiger partial charge in [-0.1, -0.05) is 13.0 Å². The van der Waals surface area contributed by atoms with Crippen molar-refractivity contribution in [3.8, 4) is 0 Å². The third-order valence-corrected chi connectivity index (χ3v) is 3.11. The van der Waals surface area contributed by atoms with Gasteiger partial charge in [0.05, 0.1) is 18.4 Å². The maximum Gasteiger partial charge on any atom is 0.0791 e. The molecule has 114 valence electrons. The van der Waals surface area contributed by atoms with Gasteiger partial charge in [-0.25, -0.2) is 0 Å². The molecule has 20 heavy (non-hydrogen) atoms. The van der Waals surface area contributed by atoms with Gasteiger partial charge in [0.15, 0.2) is 0 Å². The predicted octanol–water partition coefficient (Wildman–Crippen LogP) is 0.809. The summed E-state index contributed by atoms with van der Waals surface area (Å²) in [5.41, 5.74) is 2.08. The van der Waals surface area contributed by atoms with Gasteiger partial charge in [-0.05, 0) is 25.6 Å². The first-order valence-corrected chi connectivity index (χ1v) is 7.18. The van der Waals surface area contributed by atoms with Crippen molar-refractivity contribution in [3.63, 3.8) is 0 Å². The summed E-state index contributed by atoms with van der Waals surface area (Å²) in [7, 11) is 1.67. The Labute approximate surface area is 122 Å². The Morgan fingerprint density at radius 3 is 2.90 bits per heavy atom. The van der Waals surface area contributed by atoms with Gasteiger partial charge in [-0.2, -0.15) is 0 Å². The highest BCUT2D eigenvalue weighted by Crippen LogP contribution is 2.04. The lowest BCUT2D eigenvalue weighted by atomic mass is 10.2. The number of aliphatic hydroxyl groups excluding tert-OH is 1. The van der Waals surface area contributed by atoms with Crippen LogP contribution in [0.3, 0.4) is 0 Å². The van der Waals surface area contributed by atoms with Crippen molar-refractivity contribution in [2.24, 2.45) is 0 Å². The highest BCUT2D eigenvalue weighted by atomic mass is 16.5. The molecule has 1 heterocycles. The van der Waals surface area contributed by atoms with Gasteiger partial charge in [-0.15, -0.1) is 0 Å². The summed E-state index contributed by atoms with van der Waals surface area (Å²) in [4.78, 5) is 6.70. The van der Waals surface area contributed by atoms with Gasteiger partial charge in [0.1, 0.15) is 0 Å². The molecule has 0 saturated carbocycles. The van der Waals surface area contributed by atoms with E-state index in [9.17, 15) is 5.11 Å². The number of nitrogens with zero attached hydrogens (tertiary/aromatic N) is 2. The minimum absolute atomic E-state index is 0.378. The van der Waals surface area contributed by atoms with Crippen LogP contribution >= 0.6 is 0 Å². The van der Waals surface area contributed by atoms with Crippen LogP contribution < -0.4 is 5.32 Å². The van der Waals surface area contributed by atoms with E-state index in [1.807, 2.05) is 25.1 Å². The zero-order valence-corrected chi connectivity index (χ0v) is 12.8. The van der Waals surface area contributed by atoms with Crippen molar-refractivity contribution in [2.45, 2.75) is 26.5 Å². The number of methoxy groups -OCH3 is 1. The molecule has 0 radical (unpaired) electrons. The van der Waals surface area contributed by atoms with Crippen molar-refractivity contribution >= 4 is 0 Å². The number of aryl methyl sites for hydroxylation is 1. The van der Waals surface area contributed by atoms with E-state index in [1.165, 1.54) is 0 Å². The molecule has 0 aromatic carbocycles. The minimum atomic E-state index is -0.378. The maximum absolute atomic E-state index is 10.0. The van der Waals surface area contributed by atoms with Gasteiger partial charge in [0.25, 0.3) is 0 Å². The molecule has 1 aromatic rings. The molecule has 2 N–H and O–H groups in total. The summed E-state index contributed by atoms with van der Waals surface area (Å²) < 4.78 is 4.95. The molecule has 1 aromatic heterocycles. The number of aromatic nitrogens is 1. The number of pyridine rings is 1. The first-order chi connectivity index (χ1) is 9.65. The molecule has 0 aliphatic carbocycles. The summed E-state index contributed by atoms with van der Waals surface area (Å²) >= 11 is 0. The molecule has 1 unspecified atom stereocenters. The molecular formula is C15H27N3O2. The van der Waals surface area contributed by atoms with Gasteiger partial charge < -0.3 is 15.2 Å². The number of likely N-dealkylation sites (N-methyl/N-ethyl adjacent to an activating group) is 1. The van der Waals surface area contributed by atoms with Crippen LogP contribution in [0.4, 0.5) is 0 Å². The first-order valence-electron chi connectivity index (χ1n) is 7.18. The molecule has 0 saturated heterocycles. The number of nitrogens with one attached hydrogen (secondary N) is 1. The first kappa shape index (κ1) is 17.0. The molecule has 0 amide bonds. The van der Waals surface area contributed by atoms with E-state index in [4.69, 9.17) is 4.74 Å². The van der Waals surface area contributed by atoms with Gasteiger partial charge in [-0.3, -0.25) is 9.88 Å². The van der Waals surface area contributed by atoms with E-state index < -0.39 is 0 Å². The third kappa shape index (κ3) is 6.96. The highest BCUT2D eigenvalue weighted by Gasteiger charge is 2.11. The second-order valence-electron chi connectivity index (χ2n) is 4.95. The Morgan fingerprint density at radius 2 is 2.25 bits per heavy atom. The van der Waals surface area contributed by atoms with Crippen LogP contribution in [-0.4, -0.2) is 61.0 Å². The van der Waals surface area contributed by atoms with E-state index in [0.29, 0.717) is 19.7 Å². The molecular weight excluding hydrogens is 254 g/mol. The summed E-state index contributed by atoms with van der Waals surface area (Å²) in [5, 5.41) is 13.2. The van der Waals surface area contributed by atoms with Crippen LogP contribution in [-0.2, 0) is 11.3 Å². The standard InChI is InChI=1S/C15H27N3O2/c1-4-18(11-14-7-5-6-13(2)17-14)12-15(19)10-16-8-9-20-3/h5-7,15-16,19H,4,8-12H2,1-3H3. The largest absolute Gasteiger partial charge is 0.390 e. The summed E-state index contributed by atoms with van der Waals surface area (Å²) in [6, 6.07) is 6.04. The molecule has 1 rings (SSSR count). The minimum Gasteiger partial charge on any atom is -0.390 e. The summed E-state index contributed by atoms with van der Waals surface area (Å²) in [6.45, 7) is 8.41. The number of ether oxygens (including phenoxy) is 1. The Balaban J connectivity index is 2.34. The van der Waals surface area contributed by atoms with Crippen molar-refractivity contribution in [3.05, 3.63) is 29.6 Å². The van der Waals surface area contributed by atoms with Crippen molar-refractivity contribution in [1.82, 2.24) is 15.2 Å². The number of hydrogen-bond donors (Lipinski definition) is 2. The molecule has 0 spiro atoms. The van der Waals surface area contributed by atoms with Gasteiger partial charge in [0, 0.05) is 39.0 Å². The van der Waals surface area contributed by atoms with Crippen molar-refractivity contribution in [1.29, 1.82) is 0 Å². The fourth-order valence-corrected chi connectivity index (χ4v) is 2.03. The number of rotatable bonds is 10. The lowest BCUT2D eigenvalue weighted by Gasteiger charge is -2.23. The van der Waals surface area contributed by atoms with E-state index in [-0.39, 0.29) is 6.10 Å². The van der Waals surface area contributed by atoms with E-state index in [1.54, 1.807) is 7.11 Å². The van der Waals surface area contributed by atoms with Crippen LogP contribution in [0.2, 0.25) is 0 Å². The molecule has 0 fully saturated rings. The Morgan fingerprint density at radius 1 is 1.45 bits per heavy atom. The van der Waals surface area contributed by atoms with Crippen LogP contribution in [0.15, 0.2) is 18.2 Å². The second kappa shape index (κ2) is 9.83. The SMILES string of the molecule is CCN(Cc1cccc(C)n1)CC(O)CNCCOC. The molecule has 5 heteroatoms. The Hall–Kier alpha value is -1.01. The van der Waals surface area contributed by atoms with E-state index in [2.05, 4.69) is 22.1 Å².